The molecule has 4 heterocycles. The van der Waals surface area contributed by atoms with E-state index < -0.39 is 0 Å². The van der Waals surface area contributed by atoms with Gasteiger partial charge in [-0.15, -0.1) is 0 Å². The Balaban J connectivity index is 1.48. The lowest BCUT2D eigenvalue weighted by atomic mass is 9.83. The van der Waals surface area contributed by atoms with Gasteiger partial charge in [0.05, 0.1) is 13.2 Å². The lowest BCUT2D eigenvalue weighted by Gasteiger charge is -2.43. The molecule has 0 radical (unpaired) electrons. The van der Waals surface area contributed by atoms with E-state index in [2.05, 4.69) is 27.2 Å². The van der Waals surface area contributed by atoms with Crippen LogP contribution in [0.5, 0.6) is 5.88 Å². The van der Waals surface area contributed by atoms with E-state index in [0.29, 0.717) is 41.7 Å². The van der Waals surface area contributed by atoms with Gasteiger partial charge in [0.15, 0.2) is 0 Å². The molecule has 2 bridgehead atoms. The normalized spacial score (nSPS) is 32.6. The molecule has 1 aromatic rings. The molecule has 2 unspecified atom stereocenters. The van der Waals surface area contributed by atoms with Gasteiger partial charge in [0, 0.05) is 37.7 Å². The molecule has 4 rings (SSSR count). The molecule has 0 amide bonds. The van der Waals surface area contributed by atoms with E-state index in [1.807, 2.05) is 0 Å². The summed E-state index contributed by atoms with van der Waals surface area (Å²) in [5.41, 5.74) is 0. The topological polar surface area (TPSA) is 59.5 Å². The molecular weight excluding hydrogens is 328 g/mol. The van der Waals surface area contributed by atoms with Crippen LogP contribution in [0.3, 0.4) is 0 Å². The zero-order valence-electron chi connectivity index (χ0n) is 14.1. The van der Waals surface area contributed by atoms with Crippen molar-refractivity contribution < 1.29 is 9.47 Å². The smallest absolute Gasteiger partial charge is 0.230 e. The van der Waals surface area contributed by atoms with E-state index >= 15 is 0 Å². The molecule has 0 spiro atoms. The van der Waals surface area contributed by atoms with Gasteiger partial charge in [0.1, 0.15) is 11.3 Å². The predicted molar refractivity (Wildman–Crippen MR) is 92.9 cm³/mol. The minimum Gasteiger partial charge on any atom is -0.472 e. The summed E-state index contributed by atoms with van der Waals surface area (Å²) < 4.78 is 11.3. The van der Waals surface area contributed by atoms with Gasteiger partial charge in [0.2, 0.25) is 11.8 Å². The fourth-order valence-corrected chi connectivity index (χ4v) is 4.26. The zero-order valence-corrected chi connectivity index (χ0v) is 14.8. The van der Waals surface area contributed by atoms with Crippen molar-refractivity contribution in [3.63, 3.8) is 0 Å². The van der Waals surface area contributed by atoms with Crippen LogP contribution in [0, 0.1) is 0 Å². The maximum atomic E-state index is 6.21. The first-order valence-electron chi connectivity index (χ1n) is 8.95. The SMILES string of the molecule is CN(c1nc(Cl)cc(OC2CCOC2)n1)C1C[C@H]2CCC[C@@H](C1)N2. The Bertz CT molecular complexity index is 570. The highest BCUT2D eigenvalue weighted by Gasteiger charge is 2.34. The van der Waals surface area contributed by atoms with Crippen LogP contribution in [0.1, 0.15) is 38.5 Å². The van der Waals surface area contributed by atoms with Crippen LogP contribution in [0.25, 0.3) is 0 Å². The summed E-state index contributed by atoms with van der Waals surface area (Å²) in [4.78, 5) is 11.2. The van der Waals surface area contributed by atoms with E-state index in [4.69, 9.17) is 21.1 Å². The molecule has 7 heteroatoms. The first-order valence-corrected chi connectivity index (χ1v) is 9.33. The average Bonchev–Trinajstić information content (AvgIpc) is 3.06. The number of aromatic nitrogens is 2. The lowest BCUT2D eigenvalue weighted by Crippen LogP contribution is -2.54. The number of nitrogens with one attached hydrogen (secondary N) is 1. The molecule has 24 heavy (non-hydrogen) atoms. The van der Waals surface area contributed by atoms with E-state index in [9.17, 15) is 0 Å². The summed E-state index contributed by atoms with van der Waals surface area (Å²) in [5, 5.41) is 4.15. The fourth-order valence-electron chi connectivity index (χ4n) is 4.10. The highest BCUT2D eigenvalue weighted by Crippen LogP contribution is 2.30. The number of piperidine rings is 2. The van der Waals surface area contributed by atoms with Crippen LogP contribution in [0.2, 0.25) is 5.15 Å². The third-order valence-electron chi connectivity index (χ3n) is 5.39. The molecule has 1 N–H and O–H groups in total. The number of fused-ring (bicyclic) bond motifs is 2. The number of rotatable bonds is 4. The Morgan fingerprint density at radius 3 is 2.75 bits per heavy atom. The van der Waals surface area contributed by atoms with Gasteiger partial charge < -0.3 is 19.7 Å². The van der Waals surface area contributed by atoms with Crippen molar-refractivity contribution in [3.8, 4) is 5.88 Å². The summed E-state index contributed by atoms with van der Waals surface area (Å²) in [6.07, 6.45) is 7.11. The molecule has 0 saturated carbocycles. The van der Waals surface area contributed by atoms with Crippen LogP contribution in [-0.4, -0.2) is 54.5 Å². The quantitative estimate of drug-likeness (QED) is 0.840. The van der Waals surface area contributed by atoms with Crippen LogP contribution in [0.4, 0.5) is 5.95 Å². The summed E-state index contributed by atoms with van der Waals surface area (Å²) in [6, 6.07) is 3.38. The molecule has 132 valence electrons. The average molecular weight is 353 g/mol. The van der Waals surface area contributed by atoms with Crippen molar-refractivity contribution in [3.05, 3.63) is 11.2 Å². The molecule has 0 aromatic carbocycles. The predicted octanol–water partition coefficient (Wildman–Crippen LogP) is 2.41. The summed E-state index contributed by atoms with van der Waals surface area (Å²) in [5.74, 6) is 1.20. The van der Waals surface area contributed by atoms with E-state index in [1.165, 1.54) is 19.3 Å². The minimum atomic E-state index is 0.0624. The number of nitrogens with zero attached hydrogens (tertiary/aromatic N) is 3. The number of anilines is 1. The third-order valence-corrected chi connectivity index (χ3v) is 5.58. The maximum Gasteiger partial charge on any atom is 0.230 e. The van der Waals surface area contributed by atoms with Crippen LogP contribution < -0.4 is 15.0 Å². The van der Waals surface area contributed by atoms with Gasteiger partial charge in [-0.05, 0) is 25.7 Å². The molecular formula is C17H25ClN4O2. The van der Waals surface area contributed by atoms with Crippen molar-refractivity contribution in [2.45, 2.75) is 62.8 Å². The van der Waals surface area contributed by atoms with Crippen molar-refractivity contribution in [1.82, 2.24) is 15.3 Å². The van der Waals surface area contributed by atoms with Gasteiger partial charge in [-0.1, -0.05) is 18.0 Å². The maximum absolute atomic E-state index is 6.21. The van der Waals surface area contributed by atoms with E-state index in [0.717, 1.165) is 25.9 Å². The molecule has 3 aliphatic heterocycles. The van der Waals surface area contributed by atoms with Crippen LogP contribution in [-0.2, 0) is 4.74 Å². The van der Waals surface area contributed by atoms with Gasteiger partial charge in [-0.2, -0.15) is 4.98 Å². The Hall–Kier alpha value is -1.11. The molecule has 0 aliphatic carbocycles. The van der Waals surface area contributed by atoms with Crippen LogP contribution in [0.15, 0.2) is 6.07 Å². The first-order chi connectivity index (χ1) is 11.7. The minimum absolute atomic E-state index is 0.0624. The number of hydrogen-bond acceptors (Lipinski definition) is 6. The summed E-state index contributed by atoms with van der Waals surface area (Å²) in [7, 11) is 2.07. The number of ether oxygens (including phenoxy) is 2. The fraction of sp³-hybridized carbons (Fsp3) is 0.765. The molecule has 3 saturated heterocycles. The standard InChI is InChI=1S/C17H25ClN4O2/c1-22(13-7-11-3-2-4-12(8-13)19-11)17-20-15(18)9-16(21-17)24-14-5-6-23-10-14/h9,11-14,19H,2-8,10H2,1H3/t11-,12+,13?,14?. The number of halogens is 1. The lowest BCUT2D eigenvalue weighted by molar-refractivity contribution is 0.138. The number of hydrogen-bond donors (Lipinski definition) is 1. The van der Waals surface area contributed by atoms with Crippen LogP contribution >= 0.6 is 11.6 Å². The Labute approximate surface area is 147 Å². The third kappa shape index (κ3) is 3.60. The van der Waals surface area contributed by atoms with Crippen molar-refractivity contribution in [1.29, 1.82) is 0 Å². The monoisotopic (exact) mass is 352 g/mol. The second-order valence-electron chi connectivity index (χ2n) is 7.16. The Kier molecular flexibility index (Phi) is 4.79. The molecule has 1 aromatic heterocycles. The molecule has 6 nitrogen and oxygen atoms in total. The summed E-state index contributed by atoms with van der Waals surface area (Å²) in [6.45, 7) is 1.36. The van der Waals surface area contributed by atoms with Crippen molar-refractivity contribution in [2.75, 3.05) is 25.2 Å². The van der Waals surface area contributed by atoms with Crippen molar-refractivity contribution >= 4 is 17.5 Å². The molecule has 4 atom stereocenters. The Morgan fingerprint density at radius 2 is 2.04 bits per heavy atom. The van der Waals surface area contributed by atoms with E-state index in [1.54, 1.807) is 6.07 Å². The Morgan fingerprint density at radius 1 is 1.25 bits per heavy atom. The first kappa shape index (κ1) is 16.4. The van der Waals surface area contributed by atoms with Gasteiger partial charge in [-0.3, -0.25) is 0 Å². The zero-order chi connectivity index (χ0) is 16.5. The van der Waals surface area contributed by atoms with E-state index in [-0.39, 0.29) is 6.10 Å². The van der Waals surface area contributed by atoms with Crippen molar-refractivity contribution in [2.24, 2.45) is 0 Å². The summed E-state index contributed by atoms with van der Waals surface area (Å²) >= 11 is 6.21. The molecule has 3 fully saturated rings. The molecule has 3 aliphatic rings. The second-order valence-corrected chi connectivity index (χ2v) is 7.55. The highest BCUT2D eigenvalue weighted by atomic mass is 35.5. The highest BCUT2D eigenvalue weighted by molar-refractivity contribution is 6.29. The van der Waals surface area contributed by atoms with Gasteiger partial charge in [0.25, 0.3) is 0 Å². The second kappa shape index (κ2) is 7.02. The largest absolute Gasteiger partial charge is 0.472 e. The van der Waals surface area contributed by atoms with Gasteiger partial charge >= 0.3 is 0 Å². The van der Waals surface area contributed by atoms with Gasteiger partial charge in [-0.25, -0.2) is 4.98 Å².